The van der Waals surface area contributed by atoms with Gasteiger partial charge in [-0.2, -0.15) is 0 Å². The number of aliphatic hydroxyl groups excluding tert-OH is 1. The standard InChI is InChI=1S/C59H79N15O21S6/c1-26-47(82)69-41-25-101-99-22-38-52(87)65-33(13-14-45(80)81)49(84)66-34(16-28-5-9-30(76)10-6-28)50(85)71-40(54(89)72-39(23-97-96-20-32(60)48(83)70-38)53(88)67-35(18-43(61)78)58(93)74-15-3-4-42(74)56(91)63-26)24-100-98-21-37(64-44(79)19-62-57(92)46(27(2)75)73-55(41)90)51(86)68-36(59(94)95)17-29-7-11-31(77)12-8-29/h5-12,26-27,32-42,46,75-77H,3-4,13-25,60H2,1-2H3,(H2,61,78)(H,62,92)(H,63,91)(H,64,79)(H,65,87)(H,66,84)(H,67,88)(H,68,86)(H,69,82)(H,70,83)(H,71,85)(H,72,89)(H,73,90)(H,80,81)(H,94,95)/t26?,27-,32+,33+,34+,35+,36+,37+,38+,39+,40+,41+,42+,46+/m1/s1. The van der Waals surface area contributed by atoms with Crippen molar-refractivity contribution in [3.63, 3.8) is 0 Å². The SMILES string of the molecule is CC1NC(=O)[C@@H]2CCCN2C(=O)[C@H](CC(N)=O)NC(=O)[C@@H]2CSSC[C@H](N)C(=O)N[C@H]3CSSC[C@H](NC1=O)C(=O)N[C@@H]([C@@H](C)O)C(=O)NCC(=O)N[C@H](C(=O)N[C@@H](Cc1ccc(O)cc1)C(=O)O)CSSC[C@H](NC(=O)[C@H](Cc1ccc(O)cc1)NC(=O)[C@H](CCC(=O)O)NC3=O)C(=O)N2. The predicted molar refractivity (Wildman–Crippen MR) is 371 cm³/mol. The van der Waals surface area contributed by atoms with Crippen LogP contribution in [0.5, 0.6) is 11.5 Å². The molecule has 0 saturated carbocycles. The number of hydrogen-bond acceptors (Lipinski definition) is 26. The fourth-order valence-electron chi connectivity index (χ4n) is 10.0. The van der Waals surface area contributed by atoms with Crippen molar-refractivity contribution in [2.24, 2.45) is 11.5 Å². The molecule has 6 rings (SSSR count). The van der Waals surface area contributed by atoms with E-state index in [1.165, 1.54) is 55.5 Å². The Hall–Kier alpha value is -8.42. The molecule has 0 radical (unpaired) electrons. The Balaban J connectivity index is 1.56. The number of carbonyl (C=O) groups is 16. The van der Waals surface area contributed by atoms with Crippen LogP contribution in [-0.2, 0) is 89.6 Å². The summed E-state index contributed by atoms with van der Waals surface area (Å²) in [4.78, 5) is 227. The van der Waals surface area contributed by atoms with Gasteiger partial charge in [0.2, 0.25) is 82.7 Å². The highest BCUT2D eigenvalue weighted by Crippen LogP contribution is 2.28. The van der Waals surface area contributed by atoms with Crippen molar-refractivity contribution in [1.82, 2.24) is 68.7 Å². The van der Waals surface area contributed by atoms with Gasteiger partial charge in [0.05, 0.1) is 25.1 Å². The minimum Gasteiger partial charge on any atom is -0.508 e. The number of amides is 14. The van der Waals surface area contributed by atoms with Gasteiger partial charge in [0.25, 0.3) is 0 Å². The molecule has 0 spiro atoms. The molecule has 4 aliphatic heterocycles. The van der Waals surface area contributed by atoms with Gasteiger partial charge in [-0.15, -0.1) is 0 Å². The van der Waals surface area contributed by atoms with E-state index >= 15 is 9.59 Å². The van der Waals surface area contributed by atoms with Crippen molar-refractivity contribution in [3.05, 3.63) is 59.7 Å². The van der Waals surface area contributed by atoms with Gasteiger partial charge in [0.15, 0.2) is 0 Å². The molecule has 0 aliphatic carbocycles. The van der Waals surface area contributed by atoms with Crippen molar-refractivity contribution in [1.29, 1.82) is 0 Å². The number of hydrogen-bond donors (Lipinski definition) is 19. The summed E-state index contributed by atoms with van der Waals surface area (Å²) in [5.41, 5.74) is 12.6. The number of nitrogens with zero attached hydrogens (tertiary/aromatic N) is 1. The molecule has 14 atom stereocenters. The zero-order valence-corrected chi connectivity index (χ0v) is 59.0. The normalized spacial score (nSPS) is 27.3. The van der Waals surface area contributed by atoms with Crippen molar-refractivity contribution in [3.8, 4) is 11.5 Å². The van der Waals surface area contributed by atoms with Crippen molar-refractivity contribution in [2.75, 3.05) is 47.6 Å². The molecule has 4 fully saturated rings. The number of carbonyl (C=O) groups excluding carboxylic acids is 14. The second-order valence-corrected chi connectivity index (χ2v) is 31.1. The lowest BCUT2D eigenvalue weighted by atomic mass is 10.0. The first-order valence-electron chi connectivity index (χ1n) is 31.2. The third kappa shape index (κ3) is 25.9. The molecule has 42 heteroatoms. The third-order valence-electron chi connectivity index (χ3n) is 15.6. The van der Waals surface area contributed by atoms with Gasteiger partial charge >= 0.3 is 11.9 Å². The van der Waals surface area contributed by atoms with Crippen LogP contribution in [0.25, 0.3) is 0 Å². The van der Waals surface area contributed by atoms with Gasteiger partial charge in [-0.3, -0.25) is 71.9 Å². The molecule has 4 aliphatic rings. The molecule has 36 nitrogen and oxygen atoms in total. The second-order valence-electron chi connectivity index (χ2n) is 23.5. The lowest BCUT2D eigenvalue weighted by Crippen LogP contribution is -2.61. The molecule has 2 aromatic carbocycles. The van der Waals surface area contributed by atoms with Crippen molar-refractivity contribution in [2.45, 2.75) is 143 Å². The summed E-state index contributed by atoms with van der Waals surface area (Å²) in [6, 6.07) is -11.7. The van der Waals surface area contributed by atoms with E-state index in [0.717, 1.165) is 76.6 Å². The molecule has 14 amide bonds. The highest BCUT2D eigenvalue weighted by Gasteiger charge is 2.42. The van der Waals surface area contributed by atoms with Gasteiger partial charge in [0.1, 0.15) is 84.0 Å². The van der Waals surface area contributed by atoms with Crippen molar-refractivity contribution < 1.29 is 102 Å². The number of nitrogens with one attached hydrogen (secondary N) is 12. The minimum atomic E-state index is -1.93. The Morgan fingerprint density at radius 2 is 1.06 bits per heavy atom. The number of aliphatic carboxylic acids is 2. The van der Waals surface area contributed by atoms with Gasteiger partial charge in [0, 0.05) is 60.3 Å². The summed E-state index contributed by atoms with van der Waals surface area (Å²) in [5.74, 6) is -21.7. The number of phenols is 2. The van der Waals surface area contributed by atoms with E-state index in [0.29, 0.717) is 5.56 Å². The van der Waals surface area contributed by atoms with E-state index in [1.54, 1.807) is 0 Å². The highest BCUT2D eigenvalue weighted by molar-refractivity contribution is 8.77. The average molecular weight is 1530 g/mol. The Bertz CT molecular complexity index is 3400. The van der Waals surface area contributed by atoms with E-state index in [2.05, 4.69) is 63.8 Å². The van der Waals surface area contributed by atoms with E-state index < -0.39 is 240 Å². The lowest BCUT2D eigenvalue weighted by molar-refractivity contribution is -0.143. The zero-order valence-electron chi connectivity index (χ0n) is 54.1. The molecule has 2 aromatic rings. The van der Waals surface area contributed by atoms with Gasteiger partial charge in [-0.25, -0.2) is 4.79 Å². The summed E-state index contributed by atoms with van der Waals surface area (Å²) in [6.45, 7) is 1.18. The average Bonchev–Trinajstić information content (AvgIpc) is 1.75. The maximum atomic E-state index is 15.1. The van der Waals surface area contributed by atoms with Crippen LogP contribution in [0.2, 0.25) is 0 Å². The quantitative estimate of drug-likeness (QED) is 0.0656. The number of nitrogens with two attached hydrogens (primary N) is 2. The number of phenolic OH excluding ortho intramolecular Hbond substituents is 2. The second kappa shape index (κ2) is 39.7. The monoisotopic (exact) mass is 1530 g/mol. The molecule has 552 valence electrons. The van der Waals surface area contributed by atoms with E-state index in [1.807, 2.05) is 0 Å². The van der Waals surface area contributed by atoms with Crippen LogP contribution in [0.3, 0.4) is 0 Å². The molecule has 4 bridgehead atoms. The first kappa shape index (κ1) is 81.5. The first-order valence-corrected chi connectivity index (χ1v) is 38.7. The van der Waals surface area contributed by atoms with Crippen LogP contribution in [0.1, 0.15) is 57.1 Å². The van der Waals surface area contributed by atoms with Crippen LogP contribution in [-0.4, -0.2) is 257 Å². The fraction of sp³-hybridized carbons (Fsp3) is 0.525. The predicted octanol–water partition coefficient (Wildman–Crippen LogP) is -5.94. The van der Waals surface area contributed by atoms with E-state index in [9.17, 15) is 92.7 Å². The van der Waals surface area contributed by atoms with Gasteiger partial charge < -0.3 is 106 Å². The number of carboxylic acid groups (broad SMARTS) is 2. The Labute approximate surface area is 600 Å². The Morgan fingerprint density at radius 1 is 0.574 bits per heavy atom. The summed E-state index contributed by atoms with van der Waals surface area (Å²) < 4.78 is 0. The molecule has 0 aromatic heterocycles. The van der Waals surface area contributed by atoms with Gasteiger partial charge in [-0.05, 0) is 68.5 Å². The van der Waals surface area contributed by atoms with Crippen LogP contribution in [0.4, 0.5) is 0 Å². The molecule has 4 heterocycles. The summed E-state index contributed by atoms with van der Waals surface area (Å²) in [6.07, 6.45) is -4.71. The van der Waals surface area contributed by atoms with Crippen LogP contribution >= 0.6 is 64.8 Å². The fourth-order valence-corrected chi connectivity index (χ4v) is 17.0. The number of benzene rings is 2. The molecule has 1 unspecified atom stereocenters. The smallest absolute Gasteiger partial charge is 0.326 e. The maximum absolute atomic E-state index is 15.1. The molecule has 4 saturated heterocycles. The minimum absolute atomic E-state index is 0.00937. The molecule has 101 heavy (non-hydrogen) atoms. The topological polar surface area (TPSA) is 574 Å². The Kier molecular flexibility index (Phi) is 32.1. The molecular weight excluding hydrogens is 1450 g/mol. The first-order chi connectivity index (χ1) is 47.9. The van der Waals surface area contributed by atoms with Crippen molar-refractivity contribution >= 4 is 159 Å². The summed E-state index contributed by atoms with van der Waals surface area (Å²) in [7, 11) is 4.74. The number of carboxylic acids is 2. The number of primary amides is 1. The van der Waals surface area contributed by atoms with E-state index in [4.69, 9.17) is 11.5 Å². The number of rotatable bonds is 13. The Morgan fingerprint density at radius 3 is 1.61 bits per heavy atom. The summed E-state index contributed by atoms with van der Waals surface area (Å²) >= 11 is 0. The van der Waals surface area contributed by atoms with Crippen LogP contribution in [0.15, 0.2) is 48.5 Å². The van der Waals surface area contributed by atoms with Gasteiger partial charge in [-0.1, -0.05) is 89.0 Å². The summed E-state index contributed by atoms with van der Waals surface area (Å²) in [5, 5.41) is 80.4. The highest BCUT2D eigenvalue weighted by atomic mass is 33.1. The van der Waals surface area contributed by atoms with Crippen LogP contribution < -0.4 is 75.3 Å². The largest absolute Gasteiger partial charge is 0.508 e. The third-order valence-corrected chi connectivity index (χ3v) is 22.9. The number of aromatic hydroxyl groups is 2. The van der Waals surface area contributed by atoms with Crippen LogP contribution in [0, 0.1) is 0 Å². The molecular formula is C59H79N15O21S6. The maximum Gasteiger partial charge on any atom is 0.326 e. The zero-order chi connectivity index (χ0) is 74.2. The molecule has 21 N–H and O–H groups in total. The lowest BCUT2D eigenvalue weighted by Gasteiger charge is -2.30. The number of fused-ring (bicyclic) bond motifs is 20. The number of aliphatic hydroxyl groups is 1. The van der Waals surface area contributed by atoms with E-state index in [-0.39, 0.29) is 48.6 Å².